The molecule has 0 saturated heterocycles. The molecule has 0 atom stereocenters. The Balaban J connectivity index is 1.77. The Labute approximate surface area is 152 Å². The molecule has 0 unspecified atom stereocenters. The van der Waals surface area contributed by atoms with Crippen molar-refractivity contribution in [3.8, 4) is 11.5 Å². The highest BCUT2D eigenvalue weighted by Gasteiger charge is 2.17. The minimum Gasteiger partial charge on any atom is -0.494 e. The van der Waals surface area contributed by atoms with Gasteiger partial charge in [0.15, 0.2) is 0 Å². The van der Waals surface area contributed by atoms with Crippen molar-refractivity contribution in [2.75, 3.05) is 25.1 Å². The minimum absolute atomic E-state index is 0.213. The number of hydrogen-bond acceptors (Lipinski definition) is 3. The van der Waals surface area contributed by atoms with Gasteiger partial charge in [-0.15, -0.1) is 0 Å². The summed E-state index contributed by atoms with van der Waals surface area (Å²) in [6.45, 7) is 11.0. The van der Waals surface area contributed by atoms with Gasteiger partial charge in [-0.1, -0.05) is 45.9 Å². The zero-order chi connectivity index (χ0) is 18.1. The summed E-state index contributed by atoms with van der Waals surface area (Å²) in [6.07, 6.45) is 2.14. The van der Waals surface area contributed by atoms with Crippen LogP contribution in [0.5, 0.6) is 11.5 Å². The van der Waals surface area contributed by atoms with Crippen LogP contribution in [0.25, 0.3) is 0 Å². The Bertz CT molecular complexity index is 635. The van der Waals surface area contributed by atoms with Crippen LogP contribution in [0.4, 0.5) is 5.69 Å². The standard InChI is InChI=1S/C22H31NO2/c1-5-15-24-21-9-7-8-19(17-21)23-14-16-25-20-12-10-18(11-13-20)22(3,4)6-2/h7-13,17,23H,5-6,14-16H2,1-4H3. The van der Waals surface area contributed by atoms with E-state index in [-0.39, 0.29) is 5.41 Å². The van der Waals surface area contributed by atoms with Crippen molar-refractivity contribution in [2.24, 2.45) is 0 Å². The van der Waals surface area contributed by atoms with Gasteiger partial charge in [-0.25, -0.2) is 0 Å². The van der Waals surface area contributed by atoms with Crippen molar-refractivity contribution in [3.05, 3.63) is 54.1 Å². The summed E-state index contributed by atoms with van der Waals surface area (Å²) in [5, 5.41) is 3.37. The monoisotopic (exact) mass is 341 g/mol. The summed E-state index contributed by atoms with van der Waals surface area (Å²) in [6, 6.07) is 16.5. The average Bonchev–Trinajstić information content (AvgIpc) is 2.64. The Morgan fingerprint density at radius 2 is 1.60 bits per heavy atom. The molecule has 0 aliphatic heterocycles. The van der Waals surface area contributed by atoms with E-state index in [0.717, 1.165) is 43.2 Å². The highest BCUT2D eigenvalue weighted by atomic mass is 16.5. The van der Waals surface area contributed by atoms with E-state index in [9.17, 15) is 0 Å². The van der Waals surface area contributed by atoms with Crippen LogP contribution in [0, 0.1) is 0 Å². The van der Waals surface area contributed by atoms with E-state index in [1.54, 1.807) is 0 Å². The van der Waals surface area contributed by atoms with Gasteiger partial charge in [0, 0.05) is 18.3 Å². The molecule has 0 aliphatic rings. The topological polar surface area (TPSA) is 30.5 Å². The summed E-state index contributed by atoms with van der Waals surface area (Å²) in [5.41, 5.74) is 2.62. The lowest BCUT2D eigenvalue weighted by molar-refractivity contribution is 0.317. The van der Waals surface area contributed by atoms with E-state index in [4.69, 9.17) is 9.47 Å². The minimum atomic E-state index is 0.213. The molecule has 0 aromatic heterocycles. The lowest BCUT2D eigenvalue weighted by atomic mass is 9.82. The Hall–Kier alpha value is -2.16. The molecule has 2 aromatic rings. The van der Waals surface area contributed by atoms with E-state index in [0.29, 0.717) is 6.61 Å². The molecule has 0 saturated carbocycles. The van der Waals surface area contributed by atoms with Crippen LogP contribution >= 0.6 is 0 Å². The third-order valence-electron chi connectivity index (χ3n) is 4.53. The van der Waals surface area contributed by atoms with Crippen LogP contribution in [-0.2, 0) is 5.41 Å². The second kappa shape index (κ2) is 9.36. The van der Waals surface area contributed by atoms with Gasteiger partial charge in [-0.2, -0.15) is 0 Å². The zero-order valence-electron chi connectivity index (χ0n) is 16.0. The van der Waals surface area contributed by atoms with Gasteiger partial charge in [0.05, 0.1) is 6.61 Å². The third-order valence-corrected chi connectivity index (χ3v) is 4.53. The molecule has 136 valence electrons. The smallest absolute Gasteiger partial charge is 0.121 e. The average molecular weight is 341 g/mol. The maximum atomic E-state index is 5.83. The first-order valence-corrected chi connectivity index (χ1v) is 9.25. The summed E-state index contributed by atoms with van der Waals surface area (Å²) < 4.78 is 11.5. The Morgan fingerprint density at radius 1 is 0.880 bits per heavy atom. The van der Waals surface area contributed by atoms with E-state index in [1.807, 2.05) is 24.3 Å². The number of anilines is 1. The molecule has 3 heteroatoms. The number of hydrogen-bond donors (Lipinski definition) is 1. The van der Waals surface area contributed by atoms with E-state index >= 15 is 0 Å². The van der Waals surface area contributed by atoms with Crippen molar-refractivity contribution < 1.29 is 9.47 Å². The van der Waals surface area contributed by atoms with Gasteiger partial charge in [-0.05, 0) is 48.1 Å². The summed E-state index contributed by atoms with van der Waals surface area (Å²) in [7, 11) is 0. The molecular weight excluding hydrogens is 310 g/mol. The second-order valence-electron chi connectivity index (χ2n) is 6.91. The molecule has 3 nitrogen and oxygen atoms in total. The van der Waals surface area contributed by atoms with Gasteiger partial charge < -0.3 is 14.8 Å². The quantitative estimate of drug-likeness (QED) is 0.566. The molecule has 0 spiro atoms. The van der Waals surface area contributed by atoms with Crippen LogP contribution in [0.15, 0.2) is 48.5 Å². The van der Waals surface area contributed by atoms with Crippen LogP contribution < -0.4 is 14.8 Å². The number of nitrogens with one attached hydrogen (secondary N) is 1. The fraction of sp³-hybridized carbons (Fsp3) is 0.455. The largest absolute Gasteiger partial charge is 0.494 e. The van der Waals surface area contributed by atoms with Crippen LogP contribution in [0.3, 0.4) is 0 Å². The first-order valence-electron chi connectivity index (χ1n) is 9.25. The van der Waals surface area contributed by atoms with E-state index in [1.165, 1.54) is 5.56 Å². The first-order chi connectivity index (χ1) is 12.0. The highest BCUT2D eigenvalue weighted by Crippen LogP contribution is 2.28. The van der Waals surface area contributed by atoms with Gasteiger partial charge in [0.2, 0.25) is 0 Å². The zero-order valence-corrected chi connectivity index (χ0v) is 16.0. The van der Waals surface area contributed by atoms with E-state index < -0.39 is 0 Å². The summed E-state index contributed by atoms with van der Waals surface area (Å²) >= 11 is 0. The van der Waals surface area contributed by atoms with Gasteiger partial charge in [0.25, 0.3) is 0 Å². The van der Waals surface area contributed by atoms with Crippen molar-refractivity contribution in [1.29, 1.82) is 0 Å². The van der Waals surface area contributed by atoms with Gasteiger partial charge >= 0.3 is 0 Å². The fourth-order valence-electron chi connectivity index (χ4n) is 2.49. The van der Waals surface area contributed by atoms with Crippen molar-refractivity contribution in [3.63, 3.8) is 0 Å². The molecule has 0 radical (unpaired) electrons. The first kappa shape index (κ1) is 19.2. The molecule has 25 heavy (non-hydrogen) atoms. The lowest BCUT2D eigenvalue weighted by Gasteiger charge is -2.23. The second-order valence-corrected chi connectivity index (χ2v) is 6.91. The molecule has 0 aliphatic carbocycles. The van der Waals surface area contributed by atoms with Crippen LogP contribution in [0.1, 0.15) is 46.1 Å². The third kappa shape index (κ3) is 6.00. The maximum Gasteiger partial charge on any atom is 0.121 e. The normalized spacial score (nSPS) is 11.2. The molecule has 1 N–H and O–H groups in total. The predicted octanol–water partition coefficient (Wildman–Crippen LogP) is 5.65. The SMILES string of the molecule is CCCOc1cccc(NCCOc2ccc(C(C)(C)CC)cc2)c1. The molecule has 0 fully saturated rings. The van der Waals surface area contributed by atoms with Crippen LogP contribution in [-0.4, -0.2) is 19.8 Å². The predicted molar refractivity (Wildman–Crippen MR) is 106 cm³/mol. The molecule has 0 bridgehead atoms. The van der Waals surface area contributed by atoms with Crippen LogP contribution in [0.2, 0.25) is 0 Å². The fourth-order valence-corrected chi connectivity index (χ4v) is 2.49. The summed E-state index contributed by atoms with van der Waals surface area (Å²) in [4.78, 5) is 0. The van der Waals surface area contributed by atoms with E-state index in [2.05, 4.69) is 57.3 Å². The van der Waals surface area contributed by atoms with Crippen molar-refractivity contribution in [1.82, 2.24) is 0 Å². The molecule has 2 aromatic carbocycles. The number of benzene rings is 2. The van der Waals surface area contributed by atoms with Gasteiger partial charge in [0.1, 0.15) is 18.1 Å². The number of rotatable bonds is 10. The highest BCUT2D eigenvalue weighted by molar-refractivity contribution is 5.48. The van der Waals surface area contributed by atoms with Crippen molar-refractivity contribution >= 4 is 5.69 Å². The lowest BCUT2D eigenvalue weighted by Crippen LogP contribution is -2.15. The van der Waals surface area contributed by atoms with Crippen molar-refractivity contribution in [2.45, 2.75) is 46.0 Å². The molecule has 2 rings (SSSR count). The Kier molecular flexibility index (Phi) is 7.17. The van der Waals surface area contributed by atoms with Gasteiger partial charge in [-0.3, -0.25) is 0 Å². The number of ether oxygens (including phenoxy) is 2. The molecular formula is C22H31NO2. The maximum absolute atomic E-state index is 5.83. The summed E-state index contributed by atoms with van der Waals surface area (Å²) in [5.74, 6) is 1.82. The molecule has 0 heterocycles. The molecule has 0 amide bonds. The Morgan fingerprint density at radius 3 is 2.28 bits per heavy atom.